The van der Waals surface area contributed by atoms with Crippen molar-refractivity contribution in [3.05, 3.63) is 0 Å². The Balaban J connectivity index is 2.40. The summed E-state index contributed by atoms with van der Waals surface area (Å²) >= 11 is 0. The van der Waals surface area contributed by atoms with Crippen molar-refractivity contribution < 1.29 is 4.21 Å². The molecule has 1 rings (SSSR count). The van der Waals surface area contributed by atoms with Gasteiger partial charge in [0.15, 0.2) is 0 Å². The van der Waals surface area contributed by atoms with Crippen LogP contribution in [0, 0.1) is 5.92 Å². The van der Waals surface area contributed by atoms with E-state index in [9.17, 15) is 4.21 Å². The lowest BCUT2D eigenvalue weighted by atomic mass is 10.0. The number of nitrogens with zero attached hydrogens (tertiary/aromatic N) is 1. The van der Waals surface area contributed by atoms with Crippen molar-refractivity contribution in [3.63, 3.8) is 0 Å². The lowest BCUT2D eigenvalue weighted by Crippen LogP contribution is -2.44. The van der Waals surface area contributed by atoms with Gasteiger partial charge in [0.2, 0.25) is 0 Å². The van der Waals surface area contributed by atoms with E-state index >= 15 is 0 Å². The summed E-state index contributed by atoms with van der Waals surface area (Å²) in [6, 6.07) is 0.664. The SMILES string of the molecule is CCC1CCN(CCS(C)=O)CC(C)CN1. The molecule has 0 aliphatic carbocycles. The monoisotopic (exact) mass is 246 g/mol. The quantitative estimate of drug-likeness (QED) is 0.805. The normalized spacial score (nSPS) is 30.7. The second kappa shape index (κ2) is 7.41. The molecule has 0 bridgehead atoms. The molecule has 3 unspecified atom stereocenters. The van der Waals surface area contributed by atoms with Crippen LogP contribution < -0.4 is 5.32 Å². The van der Waals surface area contributed by atoms with Crippen molar-refractivity contribution in [2.24, 2.45) is 5.92 Å². The maximum Gasteiger partial charge on any atom is 0.0359 e. The minimum Gasteiger partial charge on any atom is -0.314 e. The predicted octanol–water partition coefficient (Wildman–Crippen LogP) is 1.07. The van der Waals surface area contributed by atoms with Crippen LogP contribution in [0.2, 0.25) is 0 Å². The largest absolute Gasteiger partial charge is 0.314 e. The minimum absolute atomic E-state index is 0.656. The Labute approximate surface area is 102 Å². The van der Waals surface area contributed by atoms with Crippen LogP contribution in [0.3, 0.4) is 0 Å². The van der Waals surface area contributed by atoms with E-state index in [2.05, 4.69) is 24.1 Å². The molecule has 3 atom stereocenters. The fourth-order valence-corrected chi connectivity index (χ4v) is 2.73. The van der Waals surface area contributed by atoms with Gasteiger partial charge in [0, 0.05) is 41.9 Å². The van der Waals surface area contributed by atoms with E-state index in [1.807, 2.05) is 0 Å². The number of nitrogens with one attached hydrogen (secondary N) is 1. The van der Waals surface area contributed by atoms with Crippen molar-refractivity contribution in [3.8, 4) is 0 Å². The molecule has 1 aliphatic heterocycles. The van der Waals surface area contributed by atoms with Gasteiger partial charge in [-0.2, -0.15) is 0 Å². The first kappa shape index (κ1) is 14.1. The Morgan fingerprint density at radius 2 is 2.25 bits per heavy atom. The third-order valence-corrected chi connectivity index (χ3v) is 4.06. The van der Waals surface area contributed by atoms with E-state index in [-0.39, 0.29) is 0 Å². The standard InChI is InChI=1S/C12H26N2OS/c1-4-12-5-6-14(7-8-16(3)15)10-11(2)9-13-12/h11-13H,4-10H2,1-3H3. The summed E-state index contributed by atoms with van der Waals surface area (Å²) in [4.78, 5) is 2.48. The van der Waals surface area contributed by atoms with Gasteiger partial charge in [-0.3, -0.25) is 4.21 Å². The zero-order valence-electron chi connectivity index (χ0n) is 10.9. The molecule has 0 spiro atoms. The first-order valence-electron chi connectivity index (χ1n) is 6.37. The van der Waals surface area contributed by atoms with Crippen LogP contribution in [-0.2, 0) is 10.8 Å². The number of rotatable bonds is 4. The molecule has 0 saturated carbocycles. The van der Waals surface area contributed by atoms with E-state index < -0.39 is 10.8 Å². The first-order valence-corrected chi connectivity index (χ1v) is 8.10. The van der Waals surface area contributed by atoms with Crippen molar-refractivity contribution in [1.29, 1.82) is 0 Å². The molecule has 1 fully saturated rings. The molecular weight excluding hydrogens is 220 g/mol. The summed E-state index contributed by atoms with van der Waals surface area (Å²) < 4.78 is 11.1. The van der Waals surface area contributed by atoms with Crippen molar-refractivity contribution in [2.75, 3.05) is 38.2 Å². The summed E-state index contributed by atoms with van der Waals surface area (Å²) in [6.45, 7) is 8.93. The van der Waals surface area contributed by atoms with Gasteiger partial charge in [0.05, 0.1) is 0 Å². The Bertz CT molecular complexity index is 223. The van der Waals surface area contributed by atoms with Gasteiger partial charge in [-0.25, -0.2) is 0 Å². The summed E-state index contributed by atoms with van der Waals surface area (Å²) in [5, 5.41) is 3.62. The number of hydrogen-bond donors (Lipinski definition) is 1. The molecule has 1 heterocycles. The minimum atomic E-state index is -0.656. The van der Waals surface area contributed by atoms with Crippen molar-refractivity contribution in [2.45, 2.75) is 32.7 Å². The molecule has 0 aromatic rings. The molecule has 0 aromatic heterocycles. The van der Waals surface area contributed by atoms with E-state index in [4.69, 9.17) is 0 Å². The van der Waals surface area contributed by atoms with Crippen LogP contribution in [0.15, 0.2) is 0 Å². The lowest BCUT2D eigenvalue weighted by Gasteiger charge is -2.31. The third kappa shape index (κ3) is 5.41. The highest BCUT2D eigenvalue weighted by Gasteiger charge is 2.17. The number of hydrogen-bond acceptors (Lipinski definition) is 3. The van der Waals surface area contributed by atoms with Crippen LogP contribution >= 0.6 is 0 Å². The van der Waals surface area contributed by atoms with Gasteiger partial charge >= 0.3 is 0 Å². The first-order chi connectivity index (χ1) is 7.61. The highest BCUT2D eigenvalue weighted by atomic mass is 32.2. The smallest absolute Gasteiger partial charge is 0.0359 e. The van der Waals surface area contributed by atoms with Crippen LogP contribution in [0.25, 0.3) is 0 Å². The third-order valence-electron chi connectivity index (χ3n) is 3.31. The Kier molecular flexibility index (Phi) is 6.54. The van der Waals surface area contributed by atoms with E-state index in [0.717, 1.165) is 31.9 Å². The van der Waals surface area contributed by atoms with Gasteiger partial charge in [-0.05, 0) is 31.8 Å². The second-order valence-corrected chi connectivity index (χ2v) is 6.54. The van der Waals surface area contributed by atoms with E-state index in [0.29, 0.717) is 12.0 Å². The van der Waals surface area contributed by atoms with E-state index in [1.165, 1.54) is 12.8 Å². The summed E-state index contributed by atoms with van der Waals surface area (Å²) in [7, 11) is -0.656. The van der Waals surface area contributed by atoms with Crippen LogP contribution in [0.5, 0.6) is 0 Å². The van der Waals surface area contributed by atoms with E-state index in [1.54, 1.807) is 6.26 Å². The van der Waals surface area contributed by atoms with Crippen molar-refractivity contribution >= 4 is 10.8 Å². The van der Waals surface area contributed by atoms with Crippen LogP contribution in [-0.4, -0.2) is 53.3 Å². The molecule has 1 N–H and O–H groups in total. The summed E-state index contributed by atoms with van der Waals surface area (Å²) in [6.07, 6.45) is 4.23. The highest BCUT2D eigenvalue weighted by molar-refractivity contribution is 7.84. The maximum absolute atomic E-state index is 11.1. The van der Waals surface area contributed by atoms with Gasteiger partial charge in [0.25, 0.3) is 0 Å². The fourth-order valence-electron chi connectivity index (χ4n) is 2.21. The summed E-state index contributed by atoms with van der Waals surface area (Å²) in [5.41, 5.74) is 0. The summed E-state index contributed by atoms with van der Waals surface area (Å²) in [5.74, 6) is 1.51. The second-order valence-electron chi connectivity index (χ2n) is 4.99. The molecule has 16 heavy (non-hydrogen) atoms. The van der Waals surface area contributed by atoms with Crippen LogP contribution in [0.4, 0.5) is 0 Å². The molecule has 0 radical (unpaired) electrons. The topological polar surface area (TPSA) is 32.3 Å². The average Bonchev–Trinajstić information content (AvgIpc) is 2.22. The molecule has 1 aliphatic rings. The molecule has 0 aromatic carbocycles. The molecule has 4 heteroatoms. The molecular formula is C12H26N2OS. The fraction of sp³-hybridized carbons (Fsp3) is 1.00. The lowest BCUT2D eigenvalue weighted by molar-refractivity contribution is 0.206. The maximum atomic E-state index is 11.1. The molecule has 3 nitrogen and oxygen atoms in total. The zero-order chi connectivity index (χ0) is 12.0. The van der Waals surface area contributed by atoms with Crippen molar-refractivity contribution in [1.82, 2.24) is 10.2 Å². The van der Waals surface area contributed by atoms with Gasteiger partial charge < -0.3 is 10.2 Å². The average molecular weight is 246 g/mol. The molecule has 1 saturated heterocycles. The molecule has 96 valence electrons. The Hall–Kier alpha value is 0.0700. The Morgan fingerprint density at radius 1 is 1.50 bits per heavy atom. The Morgan fingerprint density at radius 3 is 2.88 bits per heavy atom. The van der Waals surface area contributed by atoms with Gasteiger partial charge in [0.1, 0.15) is 0 Å². The molecule has 0 amide bonds. The zero-order valence-corrected chi connectivity index (χ0v) is 11.7. The van der Waals surface area contributed by atoms with Gasteiger partial charge in [-0.1, -0.05) is 13.8 Å². The highest BCUT2D eigenvalue weighted by Crippen LogP contribution is 2.08. The predicted molar refractivity (Wildman–Crippen MR) is 71.2 cm³/mol. The van der Waals surface area contributed by atoms with Crippen LogP contribution in [0.1, 0.15) is 26.7 Å². The van der Waals surface area contributed by atoms with Gasteiger partial charge in [-0.15, -0.1) is 0 Å².